The van der Waals surface area contributed by atoms with Gasteiger partial charge in [-0.25, -0.2) is 0 Å². The van der Waals surface area contributed by atoms with E-state index >= 15 is 0 Å². The van der Waals surface area contributed by atoms with E-state index in [0.717, 1.165) is 0 Å². The molecule has 0 bridgehead atoms. The molecule has 2 heterocycles. The number of rotatable bonds is 7. The van der Waals surface area contributed by atoms with Crippen LogP contribution in [0.1, 0.15) is 27.7 Å². The Labute approximate surface area is 168 Å². The van der Waals surface area contributed by atoms with E-state index in [1.165, 1.54) is 27.7 Å². The first-order valence-electron chi connectivity index (χ1n) is 9.22. The summed E-state index contributed by atoms with van der Waals surface area (Å²) in [5.74, 6) is -2.57. The molecule has 0 aromatic rings. The van der Waals surface area contributed by atoms with Gasteiger partial charge in [-0.15, -0.1) is 0 Å². The van der Waals surface area contributed by atoms with Crippen molar-refractivity contribution in [3.8, 4) is 0 Å². The standard InChI is InChI=1S/C18H27NO10/c1-9(20)24-8-14(27-10(2)21)16(28-11(3)22)18-17(29-12(4)23)15-13(6-25-18)7-26-19(15)5/h13-18H,6-8H2,1-5H3/t13-,14-,15-,16-,17+,18-/m1/s1. The molecule has 0 aromatic carbocycles. The molecule has 11 heteroatoms. The lowest BCUT2D eigenvalue weighted by Gasteiger charge is -2.43. The number of carbonyl (C=O) groups is 4. The van der Waals surface area contributed by atoms with E-state index in [4.69, 9.17) is 28.5 Å². The molecule has 0 saturated carbocycles. The Bertz CT molecular complexity index is 638. The summed E-state index contributed by atoms with van der Waals surface area (Å²) >= 11 is 0. The smallest absolute Gasteiger partial charge is 0.303 e. The maximum atomic E-state index is 11.8. The maximum absolute atomic E-state index is 11.8. The summed E-state index contributed by atoms with van der Waals surface area (Å²) in [5.41, 5.74) is 0. The van der Waals surface area contributed by atoms with E-state index in [2.05, 4.69) is 0 Å². The Morgan fingerprint density at radius 3 is 2.17 bits per heavy atom. The number of hydroxylamine groups is 2. The highest BCUT2D eigenvalue weighted by atomic mass is 16.7. The highest BCUT2D eigenvalue weighted by Gasteiger charge is 2.54. The minimum atomic E-state index is -1.19. The third kappa shape index (κ3) is 6.12. The summed E-state index contributed by atoms with van der Waals surface area (Å²) in [6.45, 7) is 5.06. The van der Waals surface area contributed by atoms with Crippen LogP contribution in [0.2, 0.25) is 0 Å². The Morgan fingerprint density at radius 1 is 0.966 bits per heavy atom. The molecule has 2 aliphatic heterocycles. The minimum absolute atomic E-state index is 0.0702. The molecule has 29 heavy (non-hydrogen) atoms. The van der Waals surface area contributed by atoms with Crippen LogP contribution in [0.15, 0.2) is 0 Å². The number of hydrogen-bond donors (Lipinski definition) is 0. The van der Waals surface area contributed by atoms with Gasteiger partial charge in [0.15, 0.2) is 12.2 Å². The van der Waals surface area contributed by atoms with Gasteiger partial charge < -0.3 is 23.7 Å². The van der Waals surface area contributed by atoms with Crippen LogP contribution in [-0.4, -0.2) is 86.3 Å². The average Bonchev–Trinajstić information content (AvgIpc) is 2.97. The fourth-order valence-corrected chi connectivity index (χ4v) is 3.61. The fourth-order valence-electron chi connectivity index (χ4n) is 3.61. The lowest BCUT2D eigenvalue weighted by atomic mass is 9.87. The van der Waals surface area contributed by atoms with E-state index in [1.807, 2.05) is 0 Å². The lowest BCUT2D eigenvalue weighted by Crippen LogP contribution is -2.62. The number of ether oxygens (including phenoxy) is 5. The molecule has 0 amide bonds. The predicted molar refractivity (Wildman–Crippen MR) is 94.0 cm³/mol. The summed E-state index contributed by atoms with van der Waals surface area (Å²) in [6, 6.07) is -0.359. The normalized spacial score (nSPS) is 28.6. The maximum Gasteiger partial charge on any atom is 0.303 e. The first-order valence-corrected chi connectivity index (χ1v) is 9.22. The topological polar surface area (TPSA) is 127 Å². The van der Waals surface area contributed by atoms with Gasteiger partial charge in [-0.3, -0.25) is 24.0 Å². The second-order valence-corrected chi connectivity index (χ2v) is 6.99. The van der Waals surface area contributed by atoms with E-state index in [-0.39, 0.29) is 25.2 Å². The first kappa shape index (κ1) is 23.0. The third-order valence-electron chi connectivity index (χ3n) is 4.62. The highest BCUT2D eigenvalue weighted by molar-refractivity contribution is 5.68. The highest BCUT2D eigenvalue weighted by Crippen LogP contribution is 2.35. The zero-order valence-electron chi connectivity index (χ0n) is 17.1. The zero-order chi connectivity index (χ0) is 21.7. The SMILES string of the molecule is CC(=O)OC[C@@H](OC(C)=O)[C@@H](OC(C)=O)[C@H]1OC[C@@H]2CON(C)[C@H]2[C@@H]1OC(C)=O. The van der Waals surface area contributed by atoms with Gasteiger partial charge >= 0.3 is 23.9 Å². The quantitative estimate of drug-likeness (QED) is 0.397. The van der Waals surface area contributed by atoms with Crippen molar-refractivity contribution in [1.29, 1.82) is 0 Å². The number of nitrogens with zero attached hydrogens (tertiary/aromatic N) is 1. The summed E-state index contributed by atoms with van der Waals surface area (Å²) in [6.07, 6.45) is -4.20. The van der Waals surface area contributed by atoms with Crippen LogP contribution in [0.4, 0.5) is 0 Å². The Morgan fingerprint density at radius 2 is 1.62 bits per heavy atom. The molecule has 6 atom stereocenters. The third-order valence-corrected chi connectivity index (χ3v) is 4.62. The molecule has 0 radical (unpaired) electrons. The second kappa shape index (κ2) is 9.99. The molecule has 0 aromatic heterocycles. The molecular formula is C18H27NO10. The van der Waals surface area contributed by atoms with Crippen molar-refractivity contribution in [2.24, 2.45) is 5.92 Å². The van der Waals surface area contributed by atoms with E-state index < -0.39 is 48.3 Å². The van der Waals surface area contributed by atoms with Crippen LogP contribution in [0.25, 0.3) is 0 Å². The number of esters is 4. The van der Waals surface area contributed by atoms with Crippen molar-refractivity contribution >= 4 is 23.9 Å². The van der Waals surface area contributed by atoms with Crippen LogP contribution in [0, 0.1) is 5.92 Å². The van der Waals surface area contributed by atoms with Gasteiger partial charge in [0.1, 0.15) is 18.8 Å². The number of fused-ring (bicyclic) bond motifs is 1. The van der Waals surface area contributed by atoms with E-state index in [0.29, 0.717) is 6.61 Å². The van der Waals surface area contributed by atoms with E-state index in [9.17, 15) is 19.2 Å². The van der Waals surface area contributed by atoms with Gasteiger partial charge in [-0.1, -0.05) is 0 Å². The van der Waals surface area contributed by atoms with Crippen LogP contribution in [0.3, 0.4) is 0 Å². The van der Waals surface area contributed by atoms with Crippen molar-refractivity contribution in [2.45, 2.75) is 58.2 Å². The number of likely N-dealkylation sites (N-methyl/N-ethyl adjacent to an activating group) is 1. The van der Waals surface area contributed by atoms with Gasteiger partial charge in [0.2, 0.25) is 0 Å². The van der Waals surface area contributed by atoms with Crippen LogP contribution < -0.4 is 0 Å². The fraction of sp³-hybridized carbons (Fsp3) is 0.778. The van der Waals surface area contributed by atoms with Crippen molar-refractivity contribution in [3.63, 3.8) is 0 Å². The summed E-state index contributed by atoms with van der Waals surface area (Å²) < 4.78 is 27.0. The molecule has 2 fully saturated rings. The van der Waals surface area contributed by atoms with Crippen LogP contribution >= 0.6 is 0 Å². The first-order chi connectivity index (χ1) is 13.6. The number of hydrogen-bond acceptors (Lipinski definition) is 11. The molecule has 11 nitrogen and oxygen atoms in total. The molecule has 0 aliphatic carbocycles. The van der Waals surface area contributed by atoms with Crippen molar-refractivity contribution in [3.05, 3.63) is 0 Å². The molecule has 164 valence electrons. The summed E-state index contributed by atoms with van der Waals surface area (Å²) in [5, 5.41) is 1.57. The number of carbonyl (C=O) groups excluding carboxylic acids is 4. The summed E-state index contributed by atoms with van der Waals surface area (Å²) in [4.78, 5) is 51.9. The van der Waals surface area contributed by atoms with Crippen molar-refractivity contribution in [1.82, 2.24) is 5.06 Å². The minimum Gasteiger partial charge on any atom is -0.462 e. The molecule has 0 N–H and O–H groups in total. The monoisotopic (exact) mass is 417 g/mol. The van der Waals surface area contributed by atoms with Gasteiger partial charge in [0.25, 0.3) is 0 Å². The molecule has 2 aliphatic rings. The zero-order valence-corrected chi connectivity index (χ0v) is 17.1. The largest absolute Gasteiger partial charge is 0.462 e. The molecule has 2 saturated heterocycles. The van der Waals surface area contributed by atoms with Gasteiger partial charge in [0.05, 0.1) is 19.3 Å². The predicted octanol–water partition coefficient (Wildman–Crippen LogP) is -0.395. The molecule has 0 unspecified atom stereocenters. The Kier molecular flexibility index (Phi) is 7.94. The summed E-state index contributed by atoms with van der Waals surface area (Å²) in [7, 11) is 1.70. The van der Waals surface area contributed by atoms with Gasteiger partial charge in [-0.2, -0.15) is 5.06 Å². The lowest BCUT2D eigenvalue weighted by molar-refractivity contribution is -0.227. The van der Waals surface area contributed by atoms with E-state index in [1.54, 1.807) is 12.1 Å². The van der Waals surface area contributed by atoms with Gasteiger partial charge in [-0.05, 0) is 0 Å². The Balaban J connectivity index is 2.37. The van der Waals surface area contributed by atoms with Crippen molar-refractivity contribution in [2.75, 3.05) is 26.9 Å². The van der Waals surface area contributed by atoms with Crippen molar-refractivity contribution < 1.29 is 47.7 Å². The van der Waals surface area contributed by atoms with Crippen LogP contribution in [-0.2, 0) is 47.7 Å². The average molecular weight is 417 g/mol. The molecule has 0 spiro atoms. The second-order valence-electron chi connectivity index (χ2n) is 6.99. The molecule has 2 rings (SSSR count). The van der Waals surface area contributed by atoms with Crippen LogP contribution in [0.5, 0.6) is 0 Å². The Hall–Kier alpha value is -2.24. The molecular weight excluding hydrogens is 390 g/mol. The van der Waals surface area contributed by atoms with Gasteiger partial charge in [0, 0.05) is 40.7 Å².